The van der Waals surface area contributed by atoms with E-state index in [-0.39, 0.29) is 31.0 Å². The molecule has 2 amide bonds. The van der Waals surface area contributed by atoms with Gasteiger partial charge < -0.3 is 15.0 Å². The maximum absolute atomic E-state index is 13.6. The van der Waals surface area contributed by atoms with Crippen LogP contribution in [-0.4, -0.2) is 35.4 Å². The summed E-state index contributed by atoms with van der Waals surface area (Å²) in [6.45, 7) is 4.00. The molecule has 3 aromatic rings. The minimum Gasteiger partial charge on any atom is -0.482 e. The third-order valence-corrected chi connectivity index (χ3v) is 6.57. The molecular formula is C28H30BrClN2O3. The van der Waals surface area contributed by atoms with Gasteiger partial charge in [0, 0.05) is 23.5 Å². The lowest BCUT2D eigenvalue weighted by molar-refractivity contribution is -0.143. The number of carbonyl (C=O) groups is 2. The molecule has 0 aromatic heterocycles. The molecule has 1 N–H and O–H groups in total. The summed E-state index contributed by atoms with van der Waals surface area (Å²) in [5.41, 5.74) is 1.88. The number of hydrogen-bond acceptors (Lipinski definition) is 3. The number of benzene rings is 3. The summed E-state index contributed by atoms with van der Waals surface area (Å²) in [5.74, 6) is -0.0609. The van der Waals surface area contributed by atoms with Crippen LogP contribution in [0.5, 0.6) is 5.75 Å². The van der Waals surface area contributed by atoms with Gasteiger partial charge in [0.25, 0.3) is 5.91 Å². The molecule has 3 aromatic carbocycles. The Morgan fingerprint density at radius 2 is 1.63 bits per heavy atom. The summed E-state index contributed by atoms with van der Waals surface area (Å²) in [6.07, 6.45) is 1.18. The fraction of sp³-hybridized carbons (Fsp3) is 0.286. The summed E-state index contributed by atoms with van der Waals surface area (Å²) in [7, 11) is 0. The van der Waals surface area contributed by atoms with Crippen LogP contribution in [0.2, 0.25) is 5.02 Å². The fourth-order valence-corrected chi connectivity index (χ4v) is 4.02. The monoisotopic (exact) mass is 556 g/mol. The van der Waals surface area contributed by atoms with Crippen molar-refractivity contribution in [2.45, 2.75) is 45.3 Å². The van der Waals surface area contributed by atoms with Crippen molar-refractivity contribution in [1.29, 1.82) is 0 Å². The Labute approximate surface area is 220 Å². The van der Waals surface area contributed by atoms with E-state index in [1.165, 1.54) is 0 Å². The molecule has 0 saturated carbocycles. The van der Waals surface area contributed by atoms with Crippen LogP contribution in [0.15, 0.2) is 83.3 Å². The Balaban J connectivity index is 1.91. The Morgan fingerprint density at radius 3 is 2.29 bits per heavy atom. The van der Waals surface area contributed by atoms with Crippen molar-refractivity contribution in [2.24, 2.45) is 0 Å². The number of carbonyl (C=O) groups excluding carboxylic acids is 2. The van der Waals surface area contributed by atoms with E-state index in [0.717, 1.165) is 22.0 Å². The van der Waals surface area contributed by atoms with Crippen LogP contribution in [0.1, 0.15) is 31.4 Å². The van der Waals surface area contributed by atoms with Gasteiger partial charge in [-0.2, -0.15) is 0 Å². The summed E-state index contributed by atoms with van der Waals surface area (Å²) >= 11 is 9.66. The smallest absolute Gasteiger partial charge is 0.261 e. The van der Waals surface area contributed by atoms with Crippen molar-refractivity contribution in [3.8, 4) is 5.75 Å². The number of halogens is 2. The maximum atomic E-state index is 13.6. The van der Waals surface area contributed by atoms with Crippen LogP contribution < -0.4 is 10.1 Å². The molecule has 0 aliphatic carbocycles. The molecule has 0 spiro atoms. The quantitative estimate of drug-likeness (QED) is 0.313. The van der Waals surface area contributed by atoms with E-state index in [1.807, 2.05) is 68.4 Å². The van der Waals surface area contributed by atoms with Gasteiger partial charge >= 0.3 is 0 Å². The summed E-state index contributed by atoms with van der Waals surface area (Å²) in [4.78, 5) is 28.6. The molecule has 0 saturated heterocycles. The highest BCUT2D eigenvalue weighted by Crippen LogP contribution is 2.24. The zero-order valence-corrected chi connectivity index (χ0v) is 22.3. The van der Waals surface area contributed by atoms with E-state index in [4.69, 9.17) is 16.3 Å². The number of para-hydroxylation sites is 1. The van der Waals surface area contributed by atoms with Crippen molar-refractivity contribution < 1.29 is 14.3 Å². The molecule has 0 bridgehead atoms. The highest BCUT2D eigenvalue weighted by atomic mass is 79.9. The highest BCUT2D eigenvalue weighted by Gasteiger charge is 2.31. The number of rotatable bonds is 11. The minimum atomic E-state index is -0.711. The predicted octanol–water partition coefficient (Wildman–Crippen LogP) is 6.04. The minimum absolute atomic E-state index is 0.00946. The largest absolute Gasteiger partial charge is 0.482 e. The molecule has 5 nitrogen and oxygen atoms in total. The molecule has 0 heterocycles. The number of nitrogens with zero attached hydrogens (tertiary/aromatic N) is 1. The first-order valence-electron chi connectivity index (χ1n) is 11.6. The fourth-order valence-electron chi connectivity index (χ4n) is 3.57. The lowest BCUT2D eigenvalue weighted by Gasteiger charge is -2.32. The van der Waals surface area contributed by atoms with Gasteiger partial charge in [0.2, 0.25) is 5.91 Å². The maximum Gasteiger partial charge on any atom is 0.261 e. The normalized spacial score (nSPS) is 12.5. The standard InChI is InChI=1S/C28H30BrClN2O3/c1-3-20(2)31-28(34)25(17-21-9-5-4-6-10-21)32(18-22-13-15-23(29)16-14-22)27(33)19-35-26-12-8-7-11-24(26)30/h4-16,20,25H,3,17-19H2,1-2H3,(H,31,34). The van der Waals surface area contributed by atoms with E-state index in [0.29, 0.717) is 17.2 Å². The average Bonchev–Trinajstić information content (AvgIpc) is 2.87. The Bertz CT molecular complexity index is 1110. The molecule has 3 rings (SSSR count). The number of amides is 2. The highest BCUT2D eigenvalue weighted by molar-refractivity contribution is 9.10. The number of hydrogen-bond donors (Lipinski definition) is 1. The van der Waals surface area contributed by atoms with Gasteiger partial charge in [-0.25, -0.2) is 0 Å². The van der Waals surface area contributed by atoms with Crippen LogP contribution in [0.3, 0.4) is 0 Å². The zero-order chi connectivity index (χ0) is 25.2. The molecule has 35 heavy (non-hydrogen) atoms. The van der Waals surface area contributed by atoms with Gasteiger partial charge in [0.05, 0.1) is 5.02 Å². The molecular weight excluding hydrogens is 528 g/mol. The third kappa shape index (κ3) is 8.11. The first-order chi connectivity index (χ1) is 16.9. The van der Waals surface area contributed by atoms with E-state index in [2.05, 4.69) is 21.2 Å². The van der Waals surface area contributed by atoms with Crippen LogP contribution in [0.4, 0.5) is 0 Å². The summed E-state index contributed by atoms with van der Waals surface area (Å²) < 4.78 is 6.70. The number of ether oxygens (including phenoxy) is 1. The average molecular weight is 558 g/mol. The molecule has 7 heteroatoms. The van der Waals surface area contributed by atoms with Crippen molar-refractivity contribution in [3.63, 3.8) is 0 Å². The van der Waals surface area contributed by atoms with Crippen molar-refractivity contribution in [1.82, 2.24) is 10.2 Å². The van der Waals surface area contributed by atoms with Crippen molar-refractivity contribution >= 4 is 39.3 Å². The first-order valence-corrected chi connectivity index (χ1v) is 12.8. The predicted molar refractivity (Wildman–Crippen MR) is 143 cm³/mol. The molecule has 2 unspecified atom stereocenters. The first kappa shape index (κ1) is 26.8. The van der Waals surface area contributed by atoms with E-state index >= 15 is 0 Å². The summed E-state index contributed by atoms with van der Waals surface area (Å²) in [5, 5.41) is 3.49. The van der Waals surface area contributed by atoms with Gasteiger partial charge in [0.15, 0.2) is 6.61 Å². The molecule has 0 fully saturated rings. The third-order valence-electron chi connectivity index (χ3n) is 5.73. The second-order valence-corrected chi connectivity index (χ2v) is 9.71. The van der Waals surface area contributed by atoms with E-state index in [1.54, 1.807) is 29.2 Å². The second-order valence-electron chi connectivity index (χ2n) is 8.39. The van der Waals surface area contributed by atoms with Gasteiger partial charge in [-0.15, -0.1) is 0 Å². The molecule has 0 radical (unpaired) electrons. The van der Waals surface area contributed by atoms with Gasteiger partial charge in [-0.3, -0.25) is 9.59 Å². The number of nitrogens with one attached hydrogen (secondary N) is 1. The molecule has 0 aliphatic heterocycles. The Hall–Kier alpha value is -2.83. The topological polar surface area (TPSA) is 58.6 Å². The van der Waals surface area contributed by atoms with Crippen LogP contribution in [0, 0.1) is 0 Å². The Morgan fingerprint density at radius 1 is 0.971 bits per heavy atom. The lowest BCUT2D eigenvalue weighted by atomic mass is 10.0. The second kappa shape index (κ2) is 13.3. The van der Waals surface area contributed by atoms with Crippen LogP contribution in [-0.2, 0) is 22.6 Å². The van der Waals surface area contributed by atoms with Gasteiger partial charge in [-0.1, -0.05) is 89.1 Å². The van der Waals surface area contributed by atoms with Crippen LogP contribution >= 0.6 is 27.5 Å². The molecule has 184 valence electrons. The van der Waals surface area contributed by atoms with Crippen molar-refractivity contribution in [3.05, 3.63) is 99.5 Å². The Kier molecular flexibility index (Phi) is 10.2. The lowest BCUT2D eigenvalue weighted by Crippen LogP contribution is -2.53. The molecule has 2 atom stereocenters. The van der Waals surface area contributed by atoms with Gasteiger partial charge in [0.1, 0.15) is 11.8 Å². The zero-order valence-electron chi connectivity index (χ0n) is 19.9. The van der Waals surface area contributed by atoms with Gasteiger partial charge in [-0.05, 0) is 48.7 Å². The van der Waals surface area contributed by atoms with E-state index < -0.39 is 6.04 Å². The van der Waals surface area contributed by atoms with Crippen molar-refractivity contribution in [2.75, 3.05) is 6.61 Å². The van der Waals surface area contributed by atoms with E-state index in [9.17, 15) is 9.59 Å². The molecule has 0 aliphatic rings. The van der Waals surface area contributed by atoms with Crippen LogP contribution in [0.25, 0.3) is 0 Å². The SMILES string of the molecule is CCC(C)NC(=O)C(Cc1ccccc1)N(Cc1ccc(Br)cc1)C(=O)COc1ccccc1Cl. The summed E-state index contributed by atoms with van der Waals surface area (Å²) in [6, 6.07) is 23.7.